The molecule has 2 aromatic carbocycles. The molecule has 1 N–H and O–H groups in total. The third-order valence-electron chi connectivity index (χ3n) is 5.67. The molecule has 1 aliphatic heterocycles. The van der Waals surface area contributed by atoms with Crippen LogP contribution in [-0.4, -0.2) is 34.0 Å². The number of carbonyl (C=O) groups excluding carboxylic acids is 1. The zero-order valence-electron chi connectivity index (χ0n) is 18.3. The van der Waals surface area contributed by atoms with Gasteiger partial charge < -0.3 is 14.2 Å². The van der Waals surface area contributed by atoms with E-state index in [9.17, 15) is 9.59 Å². The van der Waals surface area contributed by atoms with Gasteiger partial charge in [-0.05, 0) is 36.5 Å². The maximum atomic E-state index is 12.3. The summed E-state index contributed by atoms with van der Waals surface area (Å²) in [5.74, 6) is 0.919. The van der Waals surface area contributed by atoms with Crippen LogP contribution in [0.3, 0.4) is 0 Å². The highest BCUT2D eigenvalue weighted by atomic mass is 16.5. The van der Waals surface area contributed by atoms with Gasteiger partial charge in [-0.3, -0.25) is 14.6 Å². The van der Waals surface area contributed by atoms with Crippen LogP contribution in [0.2, 0.25) is 0 Å². The first kappa shape index (κ1) is 21.6. The first-order valence-electron chi connectivity index (χ1n) is 10.9. The number of hydrogen-bond donors (Lipinski definition) is 1. The van der Waals surface area contributed by atoms with Crippen molar-refractivity contribution in [2.24, 2.45) is 4.99 Å². The monoisotopic (exact) mass is 432 g/mol. The molecule has 2 heterocycles. The topological polar surface area (TPSA) is 79.7 Å². The van der Waals surface area contributed by atoms with Crippen LogP contribution in [0, 0.1) is 0 Å². The molecular weight excluding hydrogens is 404 g/mol. The van der Waals surface area contributed by atoms with Gasteiger partial charge in [-0.1, -0.05) is 43.0 Å². The summed E-state index contributed by atoms with van der Waals surface area (Å²) in [6, 6.07) is 15.8. The van der Waals surface area contributed by atoms with E-state index in [-0.39, 0.29) is 11.5 Å². The van der Waals surface area contributed by atoms with E-state index < -0.39 is 0 Å². The number of aromatic amines is 1. The summed E-state index contributed by atoms with van der Waals surface area (Å²) in [5.41, 5.74) is 3.27. The van der Waals surface area contributed by atoms with Crippen LogP contribution < -0.4 is 21.3 Å². The molecule has 3 aromatic rings. The molecule has 0 radical (unpaired) electrons. The fourth-order valence-electron chi connectivity index (χ4n) is 3.79. The number of nitrogens with one attached hydrogen (secondary N) is 1. The van der Waals surface area contributed by atoms with E-state index in [1.165, 1.54) is 0 Å². The minimum atomic E-state index is -0.210. The van der Waals surface area contributed by atoms with E-state index >= 15 is 0 Å². The number of rotatable bonds is 9. The van der Waals surface area contributed by atoms with Gasteiger partial charge in [-0.15, -0.1) is 0 Å². The first-order valence-corrected chi connectivity index (χ1v) is 10.9. The second kappa shape index (κ2) is 9.68. The molecule has 1 amide bonds. The second-order valence-corrected chi connectivity index (χ2v) is 8.11. The largest absolute Gasteiger partial charge is 0.494 e. The molecule has 0 atom stereocenters. The zero-order chi connectivity index (χ0) is 22.5. The summed E-state index contributed by atoms with van der Waals surface area (Å²) < 4.78 is 7.66. The van der Waals surface area contributed by atoms with Gasteiger partial charge in [0.05, 0.1) is 18.8 Å². The molecule has 0 bridgehead atoms. The van der Waals surface area contributed by atoms with Crippen LogP contribution in [0.15, 0.2) is 58.3 Å². The highest BCUT2D eigenvalue weighted by molar-refractivity contribution is 5.75. The lowest BCUT2D eigenvalue weighted by atomic mass is 10.1. The van der Waals surface area contributed by atoms with E-state index in [0.29, 0.717) is 37.1 Å². The summed E-state index contributed by atoms with van der Waals surface area (Å²) in [5, 5.41) is 0.416. The minimum absolute atomic E-state index is 0.166. The van der Waals surface area contributed by atoms with Crippen molar-refractivity contribution < 1.29 is 9.53 Å². The smallest absolute Gasteiger partial charge is 0.274 e. The van der Waals surface area contributed by atoms with Gasteiger partial charge in [0, 0.05) is 26.1 Å². The quantitative estimate of drug-likeness (QED) is 0.413. The van der Waals surface area contributed by atoms with Crippen molar-refractivity contribution in [2.75, 3.05) is 13.7 Å². The number of imidazole rings is 1. The van der Waals surface area contributed by atoms with Crippen LogP contribution in [0.25, 0.3) is 6.58 Å². The Kier molecular flexibility index (Phi) is 6.54. The summed E-state index contributed by atoms with van der Waals surface area (Å²) in [7, 11) is 1.85. The van der Waals surface area contributed by atoms with Crippen LogP contribution in [0.1, 0.15) is 36.8 Å². The normalized spacial score (nSPS) is 11.9. The second-order valence-electron chi connectivity index (χ2n) is 8.11. The molecular formula is C25H28N4O3. The van der Waals surface area contributed by atoms with Crippen LogP contribution in [-0.2, 0) is 17.9 Å². The van der Waals surface area contributed by atoms with Gasteiger partial charge in [-0.2, -0.15) is 0 Å². The molecule has 0 spiro atoms. The number of amides is 1. The highest BCUT2D eigenvalue weighted by Gasteiger charge is 2.14. The van der Waals surface area contributed by atoms with Crippen molar-refractivity contribution in [1.29, 1.82) is 0 Å². The lowest BCUT2D eigenvalue weighted by Gasteiger charge is -2.17. The van der Waals surface area contributed by atoms with Crippen LogP contribution >= 0.6 is 0 Å². The van der Waals surface area contributed by atoms with Crippen LogP contribution in [0.5, 0.6) is 5.75 Å². The van der Waals surface area contributed by atoms with Crippen molar-refractivity contribution in [3.63, 3.8) is 0 Å². The minimum Gasteiger partial charge on any atom is -0.494 e. The third kappa shape index (κ3) is 4.99. The van der Waals surface area contributed by atoms with Gasteiger partial charge in [-0.25, -0.2) is 4.99 Å². The molecule has 1 aliphatic rings. The molecule has 0 saturated heterocycles. The number of benzene rings is 2. The summed E-state index contributed by atoms with van der Waals surface area (Å²) in [6.07, 6.45) is 3.21. The van der Waals surface area contributed by atoms with Gasteiger partial charge in [0.1, 0.15) is 11.1 Å². The predicted octanol–water partition coefficient (Wildman–Crippen LogP) is 2.50. The van der Waals surface area contributed by atoms with Gasteiger partial charge in [0.25, 0.3) is 5.56 Å². The van der Waals surface area contributed by atoms with Crippen molar-refractivity contribution in [2.45, 2.75) is 38.8 Å². The maximum Gasteiger partial charge on any atom is 0.274 e. The molecule has 0 saturated carbocycles. The van der Waals surface area contributed by atoms with E-state index in [1.54, 1.807) is 9.47 Å². The Labute approximate surface area is 186 Å². The van der Waals surface area contributed by atoms with E-state index in [0.717, 1.165) is 41.8 Å². The summed E-state index contributed by atoms with van der Waals surface area (Å²) in [4.78, 5) is 33.1. The van der Waals surface area contributed by atoms with Crippen molar-refractivity contribution in [3.8, 4) is 5.75 Å². The van der Waals surface area contributed by atoms with Gasteiger partial charge in [0.2, 0.25) is 11.5 Å². The SMILES string of the molecule is C=c1c(=O)[nH]c2n1Cc1ccc(OCCCCCC(=O)N(C)Cc3ccccc3)cc1N=2. The third-order valence-corrected chi connectivity index (χ3v) is 5.67. The molecule has 1 aromatic heterocycles. The van der Waals surface area contributed by atoms with Crippen molar-refractivity contribution >= 4 is 18.2 Å². The van der Waals surface area contributed by atoms with Gasteiger partial charge in [0.15, 0.2) is 0 Å². The molecule has 4 rings (SSSR count). The predicted molar refractivity (Wildman–Crippen MR) is 123 cm³/mol. The van der Waals surface area contributed by atoms with E-state index in [1.807, 2.05) is 55.6 Å². The molecule has 0 unspecified atom stereocenters. The highest BCUT2D eigenvalue weighted by Crippen LogP contribution is 2.27. The van der Waals surface area contributed by atoms with E-state index in [4.69, 9.17) is 4.74 Å². The first-order chi connectivity index (χ1) is 15.5. The van der Waals surface area contributed by atoms with Crippen LogP contribution in [0.4, 0.5) is 5.69 Å². The molecule has 0 aliphatic carbocycles. The lowest BCUT2D eigenvalue weighted by molar-refractivity contribution is -0.130. The number of aromatic nitrogens is 2. The Bertz CT molecular complexity index is 1260. The number of H-pyrrole nitrogens is 1. The number of hydrogen-bond acceptors (Lipinski definition) is 4. The Morgan fingerprint density at radius 2 is 2.00 bits per heavy atom. The molecule has 166 valence electrons. The fraction of sp³-hybridized carbons (Fsp3) is 0.320. The average Bonchev–Trinajstić information content (AvgIpc) is 3.07. The Hall–Kier alpha value is -3.61. The van der Waals surface area contributed by atoms with E-state index in [2.05, 4.69) is 16.6 Å². The molecule has 7 nitrogen and oxygen atoms in total. The molecule has 0 fully saturated rings. The average molecular weight is 433 g/mol. The number of fused-ring (bicyclic) bond motifs is 2. The van der Waals surface area contributed by atoms with Crippen molar-refractivity contribution in [1.82, 2.24) is 14.5 Å². The number of carbonyl (C=O) groups is 1. The Balaban J connectivity index is 1.20. The standard InChI is InChI=1S/C25H28N4O3/c1-18-24(31)27-25-26-22-15-21(13-12-20(22)17-29(18)25)32-14-8-4-7-11-23(30)28(2)16-19-9-5-3-6-10-19/h3,5-6,9-10,12-13,15H,1,4,7-8,11,14,16-17H2,2H3,(H,26,27,31). The molecule has 7 heteroatoms. The number of ether oxygens (including phenoxy) is 1. The number of unbranched alkanes of at least 4 members (excludes halogenated alkanes) is 2. The fourth-order valence-corrected chi connectivity index (χ4v) is 3.79. The maximum absolute atomic E-state index is 12.3. The Morgan fingerprint density at radius 1 is 1.19 bits per heavy atom. The number of nitrogens with zero attached hydrogens (tertiary/aromatic N) is 3. The summed E-state index contributed by atoms with van der Waals surface area (Å²) in [6.45, 7) is 5.59. The zero-order valence-corrected chi connectivity index (χ0v) is 18.3. The molecule has 32 heavy (non-hydrogen) atoms. The Morgan fingerprint density at radius 3 is 2.81 bits per heavy atom. The van der Waals surface area contributed by atoms with Crippen molar-refractivity contribution in [3.05, 3.63) is 81.0 Å². The summed E-state index contributed by atoms with van der Waals surface area (Å²) >= 11 is 0. The lowest BCUT2D eigenvalue weighted by Crippen LogP contribution is -2.32. The van der Waals surface area contributed by atoms with Gasteiger partial charge >= 0.3 is 0 Å².